The Bertz CT molecular complexity index is 1170. The number of hydrogen-bond acceptors (Lipinski definition) is 10. The molecule has 1 aromatic heterocycles. The van der Waals surface area contributed by atoms with E-state index in [0.29, 0.717) is 37.6 Å². The zero-order chi connectivity index (χ0) is 25.8. The van der Waals surface area contributed by atoms with Gasteiger partial charge in [-0.15, -0.1) is 0 Å². The highest BCUT2D eigenvalue weighted by atomic mass is 32.1. The molecule has 0 bridgehead atoms. The van der Waals surface area contributed by atoms with Crippen LogP contribution in [0.5, 0.6) is 0 Å². The number of rotatable bonds is 8. The van der Waals surface area contributed by atoms with E-state index in [-0.39, 0.29) is 41.6 Å². The Morgan fingerprint density at radius 2 is 2.06 bits per heavy atom. The number of carbonyl (C=O) groups excluding carboxylic acids is 3. The van der Waals surface area contributed by atoms with Crippen LogP contribution < -0.4 is 20.4 Å². The Labute approximate surface area is 209 Å². The zero-order valence-electron chi connectivity index (χ0n) is 19.3. The second-order valence-electron chi connectivity index (χ2n) is 8.26. The minimum atomic E-state index is -0.600. The summed E-state index contributed by atoms with van der Waals surface area (Å²) in [6.07, 6.45) is -0.0211. The molecule has 2 aliphatic heterocycles. The largest absolute Gasteiger partial charge is 0.442 e. The van der Waals surface area contributed by atoms with Gasteiger partial charge in [0.1, 0.15) is 18.1 Å². The van der Waals surface area contributed by atoms with Crippen LogP contribution in [0.4, 0.5) is 30.7 Å². The number of nitrogens with zero attached hydrogens (tertiary/aromatic N) is 5. The van der Waals surface area contributed by atoms with Crippen molar-refractivity contribution in [2.45, 2.75) is 13.0 Å². The van der Waals surface area contributed by atoms with Crippen LogP contribution in [0, 0.1) is 15.9 Å². The normalized spacial score (nSPS) is 18.2. The van der Waals surface area contributed by atoms with Crippen LogP contribution >= 0.6 is 11.3 Å². The number of nitro groups is 1. The maximum Gasteiger partial charge on any atom is 0.414 e. The fourth-order valence-electron chi connectivity index (χ4n) is 3.93. The van der Waals surface area contributed by atoms with E-state index in [1.165, 1.54) is 17.9 Å². The Morgan fingerprint density at radius 1 is 1.31 bits per heavy atom. The standard InChI is InChI=1S/C21H24FN7O6S/c1-13(30)23-9-15-11-28(21(32)35-15)14-2-3-17(16(22)8-14)27-6-4-26(5-7-27)12-18(31)25-20-24-10-19(36-20)29(33)34/h2-3,8,10,15H,4-7,9,11-12H2,1H3,(H,23,30)(H,24,25,31)/t15-/m0/s1. The molecule has 0 radical (unpaired) electrons. The Morgan fingerprint density at radius 3 is 2.69 bits per heavy atom. The molecule has 4 rings (SSSR count). The number of halogens is 1. The number of amides is 3. The molecule has 192 valence electrons. The van der Waals surface area contributed by atoms with E-state index in [2.05, 4.69) is 15.6 Å². The number of nitrogens with one attached hydrogen (secondary N) is 2. The highest BCUT2D eigenvalue weighted by Crippen LogP contribution is 2.29. The summed E-state index contributed by atoms with van der Waals surface area (Å²) in [5, 5.41) is 15.9. The van der Waals surface area contributed by atoms with Gasteiger partial charge in [0.25, 0.3) is 0 Å². The lowest BCUT2D eigenvalue weighted by molar-refractivity contribution is -0.380. The molecule has 0 aliphatic carbocycles. The molecule has 2 fully saturated rings. The first-order valence-electron chi connectivity index (χ1n) is 11.1. The lowest BCUT2D eigenvalue weighted by atomic mass is 10.2. The molecule has 1 aromatic carbocycles. The van der Waals surface area contributed by atoms with Crippen LogP contribution in [0.2, 0.25) is 0 Å². The number of carbonyl (C=O) groups is 3. The topological polar surface area (TPSA) is 150 Å². The van der Waals surface area contributed by atoms with Gasteiger partial charge in [-0.05, 0) is 29.5 Å². The second-order valence-corrected chi connectivity index (χ2v) is 9.27. The monoisotopic (exact) mass is 521 g/mol. The second kappa shape index (κ2) is 10.8. The Kier molecular flexibility index (Phi) is 7.59. The van der Waals surface area contributed by atoms with Gasteiger partial charge in [-0.3, -0.25) is 29.5 Å². The summed E-state index contributed by atoms with van der Waals surface area (Å²) in [6.45, 7) is 3.82. The van der Waals surface area contributed by atoms with Gasteiger partial charge in [0, 0.05) is 33.1 Å². The number of anilines is 3. The van der Waals surface area contributed by atoms with Gasteiger partial charge >= 0.3 is 11.1 Å². The predicted molar refractivity (Wildman–Crippen MR) is 129 cm³/mol. The van der Waals surface area contributed by atoms with Crippen LogP contribution in [0.25, 0.3) is 0 Å². The average Bonchev–Trinajstić information content (AvgIpc) is 3.45. The Balaban J connectivity index is 1.28. The number of piperazine rings is 1. The molecule has 3 heterocycles. The molecule has 3 amide bonds. The molecule has 2 N–H and O–H groups in total. The fourth-order valence-corrected chi connectivity index (χ4v) is 4.58. The van der Waals surface area contributed by atoms with Gasteiger partial charge in [-0.25, -0.2) is 14.2 Å². The summed E-state index contributed by atoms with van der Waals surface area (Å²) in [5.74, 6) is -1.05. The smallest absolute Gasteiger partial charge is 0.414 e. The fraction of sp³-hybridized carbons (Fsp3) is 0.429. The van der Waals surface area contributed by atoms with Gasteiger partial charge in [-0.2, -0.15) is 0 Å². The molecule has 15 heteroatoms. The summed E-state index contributed by atoms with van der Waals surface area (Å²) in [5.41, 5.74) is 0.754. The quantitative estimate of drug-likeness (QED) is 0.388. The third-order valence-corrected chi connectivity index (χ3v) is 6.56. The molecular formula is C21H24FN7O6S. The number of ether oxygens (including phenoxy) is 1. The van der Waals surface area contributed by atoms with Crippen LogP contribution in [0.15, 0.2) is 24.4 Å². The van der Waals surface area contributed by atoms with E-state index < -0.39 is 22.9 Å². The summed E-state index contributed by atoms with van der Waals surface area (Å²) in [4.78, 5) is 54.6. The first-order chi connectivity index (χ1) is 17.2. The SMILES string of the molecule is CC(=O)NC[C@H]1CN(c2ccc(N3CCN(CC(=O)Nc4ncc([N+](=O)[O-])s4)CC3)c(F)c2)C(=O)O1. The minimum absolute atomic E-state index is 0.0827. The van der Waals surface area contributed by atoms with Gasteiger partial charge in [-0.1, -0.05) is 0 Å². The van der Waals surface area contributed by atoms with Crippen molar-refractivity contribution in [3.8, 4) is 0 Å². The van der Waals surface area contributed by atoms with Gasteiger partial charge in [0.15, 0.2) is 5.13 Å². The van der Waals surface area contributed by atoms with Crippen molar-refractivity contribution in [3.05, 3.63) is 40.3 Å². The van der Waals surface area contributed by atoms with Crippen molar-refractivity contribution >= 4 is 50.8 Å². The molecule has 13 nitrogen and oxygen atoms in total. The number of aromatic nitrogens is 1. The lowest BCUT2D eigenvalue weighted by Crippen LogP contribution is -2.49. The third-order valence-electron chi connectivity index (χ3n) is 5.70. The van der Waals surface area contributed by atoms with E-state index in [1.54, 1.807) is 12.1 Å². The summed E-state index contributed by atoms with van der Waals surface area (Å²) < 4.78 is 20.2. The van der Waals surface area contributed by atoms with Gasteiger partial charge in [0.2, 0.25) is 11.8 Å². The molecule has 0 spiro atoms. The Hall–Kier alpha value is -3.85. The first kappa shape index (κ1) is 25.2. The van der Waals surface area contributed by atoms with E-state index >= 15 is 0 Å². The number of benzene rings is 1. The zero-order valence-corrected chi connectivity index (χ0v) is 20.1. The first-order valence-corrected chi connectivity index (χ1v) is 11.9. The van der Waals surface area contributed by atoms with E-state index in [0.717, 1.165) is 17.5 Å². The van der Waals surface area contributed by atoms with Crippen LogP contribution in [-0.2, 0) is 14.3 Å². The van der Waals surface area contributed by atoms with Crippen molar-refractivity contribution in [1.82, 2.24) is 15.2 Å². The van der Waals surface area contributed by atoms with Crippen molar-refractivity contribution in [1.29, 1.82) is 0 Å². The number of hydrogen-bond donors (Lipinski definition) is 2. The molecule has 0 saturated carbocycles. The van der Waals surface area contributed by atoms with Gasteiger partial charge in [0.05, 0.1) is 35.9 Å². The van der Waals surface area contributed by atoms with E-state index in [9.17, 15) is 28.9 Å². The molecule has 2 saturated heterocycles. The highest BCUT2D eigenvalue weighted by molar-refractivity contribution is 7.18. The van der Waals surface area contributed by atoms with Crippen LogP contribution in [0.1, 0.15) is 6.92 Å². The summed E-state index contributed by atoms with van der Waals surface area (Å²) in [7, 11) is 0. The average molecular weight is 522 g/mol. The molecule has 2 aromatic rings. The summed E-state index contributed by atoms with van der Waals surface area (Å²) >= 11 is 0.785. The predicted octanol–water partition coefficient (Wildman–Crippen LogP) is 1.41. The lowest BCUT2D eigenvalue weighted by Gasteiger charge is -2.36. The third kappa shape index (κ3) is 6.04. The molecule has 0 unspecified atom stereocenters. The van der Waals surface area contributed by atoms with Crippen molar-refractivity contribution in [2.75, 3.05) is 60.9 Å². The van der Waals surface area contributed by atoms with Crippen molar-refractivity contribution in [3.63, 3.8) is 0 Å². The van der Waals surface area contributed by atoms with Crippen molar-refractivity contribution < 1.29 is 28.4 Å². The van der Waals surface area contributed by atoms with E-state index in [1.807, 2.05) is 9.80 Å². The molecular weight excluding hydrogens is 497 g/mol. The highest BCUT2D eigenvalue weighted by Gasteiger charge is 2.33. The van der Waals surface area contributed by atoms with Crippen LogP contribution in [0.3, 0.4) is 0 Å². The van der Waals surface area contributed by atoms with E-state index in [4.69, 9.17) is 4.74 Å². The maximum absolute atomic E-state index is 15.0. The summed E-state index contributed by atoms with van der Waals surface area (Å²) in [6, 6.07) is 4.54. The van der Waals surface area contributed by atoms with Gasteiger partial charge < -0.3 is 20.3 Å². The molecule has 36 heavy (non-hydrogen) atoms. The molecule has 2 aliphatic rings. The number of cyclic esters (lactones) is 1. The maximum atomic E-state index is 15.0. The number of thiazole rings is 1. The minimum Gasteiger partial charge on any atom is -0.442 e. The van der Waals surface area contributed by atoms with Crippen molar-refractivity contribution in [2.24, 2.45) is 0 Å². The molecule has 1 atom stereocenters. The van der Waals surface area contributed by atoms with Crippen LogP contribution in [-0.4, -0.2) is 84.6 Å².